The molecule has 0 aliphatic heterocycles. The molecule has 3 heteroatoms. The molecule has 0 saturated heterocycles. The van der Waals surface area contributed by atoms with Crippen LogP contribution in [0.25, 0.3) is 0 Å². The number of Topliss-reactive ketones (excluding diaryl/α,β-unsaturated/α-hetero) is 1. The largest absolute Gasteiger partial charge is 0.294 e. The number of carbonyl (C=O) groups excluding carboxylic acids is 1. The maximum atomic E-state index is 11.6. The minimum absolute atomic E-state index is 0.174. The summed E-state index contributed by atoms with van der Waals surface area (Å²) in [5, 5.41) is 0.712. The summed E-state index contributed by atoms with van der Waals surface area (Å²) in [6.07, 6.45) is 1.48. The Morgan fingerprint density at radius 1 is 1.43 bits per heavy atom. The van der Waals surface area contributed by atoms with Gasteiger partial charge in [0.1, 0.15) is 0 Å². The predicted molar refractivity (Wildman–Crippen MR) is 65.8 cm³/mol. The van der Waals surface area contributed by atoms with E-state index in [1.165, 1.54) is 0 Å². The van der Waals surface area contributed by atoms with Gasteiger partial charge in [-0.05, 0) is 30.2 Å². The number of carbonyl (C=O) groups is 1. The average molecular weight is 273 g/mol. The van der Waals surface area contributed by atoms with Crippen LogP contribution in [0, 0.1) is 0 Å². The lowest BCUT2D eigenvalue weighted by Crippen LogP contribution is -2.00. The summed E-state index contributed by atoms with van der Waals surface area (Å²) in [5.41, 5.74) is 1.93. The number of halogens is 1. The summed E-state index contributed by atoms with van der Waals surface area (Å²) in [6, 6.07) is 5.77. The zero-order chi connectivity index (χ0) is 10.6. The average Bonchev–Trinajstić information content (AvgIpc) is 2.17. The molecule has 0 aromatic heterocycles. The summed E-state index contributed by atoms with van der Waals surface area (Å²) in [7, 11) is 0. The first-order valence-corrected chi connectivity index (χ1v) is 6.16. The van der Waals surface area contributed by atoms with Gasteiger partial charge in [0.25, 0.3) is 0 Å². The fourth-order valence-electron chi connectivity index (χ4n) is 1.27. The minimum atomic E-state index is 0.174. The van der Waals surface area contributed by atoms with Crippen molar-refractivity contribution in [1.82, 2.24) is 0 Å². The van der Waals surface area contributed by atoms with Gasteiger partial charge < -0.3 is 0 Å². The predicted octanol–water partition coefficient (Wildman–Crippen LogP) is 3.51. The molecule has 0 spiro atoms. The van der Waals surface area contributed by atoms with Gasteiger partial charge in [0.2, 0.25) is 0 Å². The Labute approximate surface area is 98.4 Å². The number of hydrogen-bond acceptors (Lipinski definition) is 2. The van der Waals surface area contributed by atoms with E-state index in [0.29, 0.717) is 11.8 Å². The molecule has 0 amide bonds. The van der Waals surface area contributed by atoms with Gasteiger partial charge in [0, 0.05) is 22.2 Å². The zero-order valence-corrected chi connectivity index (χ0v) is 10.6. The van der Waals surface area contributed by atoms with E-state index in [0.717, 1.165) is 22.4 Å². The van der Waals surface area contributed by atoms with Gasteiger partial charge in [-0.3, -0.25) is 4.79 Å². The van der Waals surface area contributed by atoms with Crippen molar-refractivity contribution in [2.24, 2.45) is 0 Å². The number of ketones is 1. The van der Waals surface area contributed by atoms with E-state index in [-0.39, 0.29) is 5.78 Å². The molecular weight excluding hydrogens is 260 g/mol. The van der Waals surface area contributed by atoms with Crippen LogP contribution in [0.4, 0.5) is 0 Å². The quantitative estimate of drug-likeness (QED) is 0.504. The zero-order valence-electron chi connectivity index (χ0n) is 8.09. The maximum absolute atomic E-state index is 11.6. The Morgan fingerprint density at radius 3 is 2.71 bits per heavy atom. The summed E-state index contributed by atoms with van der Waals surface area (Å²) in [6.45, 7) is 2.07. The van der Waals surface area contributed by atoms with Crippen LogP contribution in [0.2, 0.25) is 0 Å². The van der Waals surface area contributed by atoms with Gasteiger partial charge >= 0.3 is 0 Å². The molecule has 1 aromatic carbocycles. The molecule has 0 bridgehead atoms. The van der Waals surface area contributed by atoms with Crippen LogP contribution < -0.4 is 0 Å². The molecule has 1 aromatic rings. The monoisotopic (exact) mass is 272 g/mol. The molecule has 0 N–H and O–H groups in total. The lowest BCUT2D eigenvalue weighted by atomic mass is 10.0. The van der Waals surface area contributed by atoms with Crippen molar-refractivity contribution < 1.29 is 4.79 Å². The van der Waals surface area contributed by atoms with Gasteiger partial charge in [0.05, 0.1) is 0 Å². The molecule has 0 radical (unpaired) electrons. The molecule has 1 nitrogen and oxygen atoms in total. The topological polar surface area (TPSA) is 17.1 Å². The minimum Gasteiger partial charge on any atom is -0.294 e. The second kappa shape index (κ2) is 5.56. The van der Waals surface area contributed by atoms with E-state index in [1.807, 2.05) is 18.2 Å². The van der Waals surface area contributed by atoms with E-state index < -0.39 is 0 Å². The van der Waals surface area contributed by atoms with E-state index in [2.05, 4.69) is 35.5 Å². The van der Waals surface area contributed by atoms with Crippen LogP contribution in [-0.2, 0) is 6.42 Å². The molecule has 76 valence electrons. The van der Waals surface area contributed by atoms with Crippen molar-refractivity contribution >= 4 is 34.3 Å². The maximum Gasteiger partial charge on any atom is 0.163 e. The number of thiol groups is 1. The third-order valence-electron chi connectivity index (χ3n) is 2.03. The molecule has 0 aliphatic carbocycles. The van der Waals surface area contributed by atoms with Crippen LogP contribution in [0.5, 0.6) is 0 Å². The first-order valence-electron chi connectivity index (χ1n) is 4.59. The Kier molecular flexibility index (Phi) is 4.69. The number of hydrogen-bond donors (Lipinski definition) is 1. The van der Waals surface area contributed by atoms with Gasteiger partial charge in [-0.25, -0.2) is 0 Å². The first kappa shape index (κ1) is 11.8. The standard InChI is InChI=1S/C11H13BrOS/c1-2-8-5-9(7-10(14)6-8)11(13)3-4-12/h5-7,14H,2-4H2,1H3. The van der Waals surface area contributed by atoms with Crippen LogP contribution in [-0.4, -0.2) is 11.1 Å². The first-order chi connectivity index (χ1) is 6.67. The van der Waals surface area contributed by atoms with Crippen molar-refractivity contribution in [1.29, 1.82) is 0 Å². The number of rotatable bonds is 4. The SMILES string of the molecule is CCc1cc(S)cc(C(=O)CCBr)c1. The van der Waals surface area contributed by atoms with Crippen molar-refractivity contribution in [3.05, 3.63) is 29.3 Å². The number of alkyl halides is 1. The molecule has 0 atom stereocenters. The highest BCUT2D eigenvalue weighted by atomic mass is 79.9. The second-order valence-corrected chi connectivity index (χ2v) is 4.41. The van der Waals surface area contributed by atoms with Crippen LogP contribution in [0.3, 0.4) is 0 Å². The molecule has 0 heterocycles. The third-order valence-corrected chi connectivity index (χ3v) is 2.68. The summed E-state index contributed by atoms with van der Waals surface area (Å²) in [5.74, 6) is 0.174. The molecule has 0 aliphatic rings. The Hall–Kier alpha value is -0.280. The summed E-state index contributed by atoms with van der Waals surface area (Å²) >= 11 is 7.54. The fourth-order valence-corrected chi connectivity index (χ4v) is 1.93. The highest BCUT2D eigenvalue weighted by molar-refractivity contribution is 9.09. The van der Waals surface area contributed by atoms with E-state index in [1.54, 1.807) is 0 Å². The lowest BCUT2D eigenvalue weighted by Gasteiger charge is -2.03. The highest BCUT2D eigenvalue weighted by Crippen LogP contribution is 2.16. The Morgan fingerprint density at radius 2 is 2.14 bits per heavy atom. The smallest absolute Gasteiger partial charge is 0.163 e. The van der Waals surface area contributed by atoms with Crippen LogP contribution in [0.1, 0.15) is 29.3 Å². The van der Waals surface area contributed by atoms with E-state index in [9.17, 15) is 4.79 Å². The van der Waals surface area contributed by atoms with Gasteiger partial charge in [-0.2, -0.15) is 0 Å². The molecule has 0 saturated carbocycles. The fraction of sp³-hybridized carbons (Fsp3) is 0.364. The molecule has 1 rings (SSSR count). The summed E-state index contributed by atoms with van der Waals surface area (Å²) < 4.78 is 0. The number of aryl methyl sites for hydroxylation is 1. The van der Waals surface area contributed by atoms with Gasteiger partial charge in [-0.1, -0.05) is 22.9 Å². The second-order valence-electron chi connectivity index (χ2n) is 3.10. The highest BCUT2D eigenvalue weighted by Gasteiger charge is 2.06. The van der Waals surface area contributed by atoms with E-state index in [4.69, 9.17) is 0 Å². The van der Waals surface area contributed by atoms with Crippen molar-refractivity contribution in [3.8, 4) is 0 Å². The molecule has 0 fully saturated rings. The normalized spacial score (nSPS) is 10.2. The van der Waals surface area contributed by atoms with Crippen molar-refractivity contribution in [3.63, 3.8) is 0 Å². The van der Waals surface area contributed by atoms with Crippen LogP contribution in [0.15, 0.2) is 23.1 Å². The molecular formula is C11H13BrOS. The van der Waals surface area contributed by atoms with Crippen molar-refractivity contribution in [2.45, 2.75) is 24.7 Å². The lowest BCUT2D eigenvalue weighted by molar-refractivity contribution is 0.0989. The Bertz CT molecular complexity index is 336. The van der Waals surface area contributed by atoms with Crippen molar-refractivity contribution in [2.75, 3.05) is 5.33 Å². The van der Waals surface area contributed by atoms with Crippen LogP contribution >= 0.6 is 28.6 Å². The van der Waals surface area contributed by atoms with Gasteiger partial charge in [0.15, 0.2) is 5.78 Å². The Balaban J connectivity index is 2.96. The molecule has 14 heavy (non-hydrogen) atoms. The molecule has 0 unspecified atom stereocenters. The van der Waals surface area contributed by atoms with E-state index >= 15 is 0 Å². The number of benzene rings is 1. The third kappa shape index (κ3) is 3.14. The van der Waals surface area contributed by atoms with Gasteiger partial charge in [-0.15, -0.1) is 12.6 Å². The summed E-state index contributed by atoms with van der Waals surface area (Å²) in [4.78, 5) is 12.5.